The molecule has 3 rings (SSSR count). The second kappa shape index (κ2) is 5.09. The van der Waals surface area contributed by atoms with Crippen LogP contribution in [0.2, 0.25) is 0 Å². The Morgan fingerprint density at radius 3 is 2.77 bits per heavy atom. The van der Waals surface area contributed by atoms with Crippen LogP contribution in [0.1, 0.15) is 11.5 Å². The number of nitrogen functional groups attached to an aromatic ring is 1. The summed E-state index contributed by atoms with van der Waals surface area (Å²) in [6.07, 6.45) is -2.01. The lowest BCUT2D eigenvalue weighted by atomic mass is 10.3. The minimum Gasteiger partial charge on any atom is -0.384 e. The lowest BCUT2D eigenvalue weighted by molar-refractivity contribution is -0.141. The molecule has 0 aliphatic rings. The first-order valence-electron chi connectivity index (χ1n) is 6.03. The van der Waals surface area contributed by atoms with Crippen LogP contribution in [0.3, 0.4) is 0 Å². The molecule has 0 radical (unpaired) electrons. The molecule has 0 amide bonds. The maximum Gasteiger partial charge on any atom is 0.433 e. The van der Waals surface area contributed by atoms with Gasteiger partial charge in [-0.15, -0.1) is 0 Å². The van der Waals surface area contributed by atoms with Crippen molar-refractivity contribution in [3.8, 4) is 0 Å². The fourth-order valence-electron chi connectivity index (χ4n) is 1.75. The summed E-state index contributed by atoms with van der Waals surface area (Å²) >= 11 is 0. The van der Waals surface area contributed by atoms with Crippen molar-refractivity contribution >= 4 is 17.4 Å². The van der Waals surface area contributed by atoms with E-state index in [9.17, 15) is 13.2 Å². The smallest absolute Gasteiger partial charge is 0.384 e. The summed E-state index contributed by atoms with van der Waals surface area (Å²) in [6.45, 7) is 0.0707. The van der Waals surface area contributed by atoms with E-state index in [2.05, 4.69) is 30.4 Å². The van der Waals surface area contributed by atoms with E-state index in [1.54, 1.807) is 0 Å². The molecule has 0 unspecified atom stereocenters. The molecular formula is C11H9F3N8. The van der Waals surface area contributed by atoms with Gasteiger partial charge in [-0.2, -0.15) is 27.8 Å². The van der Waals surface area contributed by atoms with Gasteiger partial charge in [0.25, 0.3) is 5.78 Å². The number of hydrogen-bond acceptors (Lipinski definition) is 7. The highest BCUT2D eigenvalue weighted by atomic mass is 19.4. The zero-order valence-electron chi connectivity index (χ0n) is 10.9. The minimum atomic E-state index is -4.59. The van der Waals surface area contributed by atoms with E-state index >= 15 is 0 Å². The first-order valence-corrected chi connectivity index (χ1v) is 6.03. The molecule has 3 aromatic rings. The quantitative estimate of drug-likeness (QED) is 0.746. The third-order valence-electron chi connectivity index (χ3n) is 2.70. The SMILES string of the molecule is Nc1ccnc(CNc2cc(C(F)(F)F)nc3ncnn23)n1. The van der Waals surface area contributed by atoms with Crippen molar-refractivity contribution in [1.82, 2.24) is 29.5 Å². The van der Waals surface area contributed by atoms with Crippen LogP contribution in [0.25, 0.3) is 5.78 Å². The van der Waals surface area contributed by atoms with E-state index in [-0.39, 0.29) is 24.0 Å². The maximum atomic E-state index is 12.8. The highest BCUT2D eigenvalue weighted by Crippen LogP contribution is 2.29. The molecule has 0 bridgehead atoms. The van der Waals surface area contributed by atoms with Gasteiger partial charge in [0.05, 0.1) is 6.54 Å². The average molecular weight is 310 g/mol. The third kappa shape index (κ3) is 2.73. The third-order valence-corrected chi connectivity index (χ3v) is 2.70. The highest BCUT2D eigenvalue weighted by molar-refractivity contribution is 5.45. The summed E-state index contributed by atoms with van der Waals surface area (Å²) in [5.41, 5.74) is 4.45. The molecule has 0 fully saturated rings. The summed E-state index contributed by atoms with van der Waals surface area (Å²) in [5.74, 6) is 0.508. The van der Waals surface area contributed by atoms with Gasteiger partial charge in [-0.25, -0.2) is 15.0 Å². The molecule has 22 heavy (non-hydrogen) atoms. The van der Waals surface area contributed by atoms with Crippen molar-refractivity contribution in [1.29, 1.82) is 0 Å². The number of halogens is 3. The molecule has 8 nitrogen and oxygen atoms in total. The standard InChI is InChI=1S/C11H9F3N8/c12-11(13,14)6-3-9(22-10(20-6)18-5-19-22)17-4-8-16-2-1-7(15)21-8/h1-3,5,17H,4H2,(H2,15,16,21). The maximum absolute atomic E-state index is 12.8. The van der Waals surface area contributed by atoms with Crippen LogP contribution >= 0.6 is 0 Å². The second-order valence-corrected chi connectivity index (χ2v) is 4.25. The molecule has 0 saturated carbocycles. The molecule has 11 heteroatoms. The minimum absolute atomic E-state index is 0.0702. The molecule has 0 atom stereocenters. The predicted molar refractivity (Wildman–Crippen MR) is 69.6 cm³/mol. The highest BCUT2D eigenvalue weighted by Gasteiger charge is 2.34. The molecule has 3 aromatic heterocycles. The average Bonchev–Trinajstić information content (AvgIpc) is 2.92. The molecule has 3 heterocycles. The van der Waals surface area contributed by atoms with Crippen LogP contribution in [-0.4, -0.2) is 29.5 Å². The second-order valence-electron chi connectivity index (χ2n) is 4.25. The molecule has 0 spiro atoms. The van der Waals surface area contributed by atoms with Crippen LogP contribution < -0.4 is 11.1 Å². The first kappa shape index (κ1) is 14.0. The molecular weight excluding hydrogens is 301 g/mol. The number of aromatic nitrogens is 6. The van der Waals surface area contributed by atoms with Crippen molar-refractivity contribution in [2.24, 2.45) is 0 Å². The summed E-state index contributed by atoms with van der Waals surface area (Å²) < 4.78 is 39.6. The van der Waals surface area contributed by atoms with Gasteiger partial charge in [-0.05, 0) is 6.07 Å². The number of fused-ring (bicyclic) bond motifs is 1. The Morgan fingerprint density at radius 1 is 1.23 bits per heavy atom. The number of alkyl halides is 3. The van der Waals surface area contributed by atoms with Crippen LogP contribution in [0.4, 0.5) is 24.8 Å². The van der Waals surface area contributed by atoms with Crippen molar-refractivity contribution < 1.29 is 13.2 Å². The van der Waals surface area contributed by atoms with Crippen LogP contribution in [0, 0.1) is 0 Å². The van der Waals surface area contributed by atoms with Crippen LogP contribution in [0.15, 0.2) is 24.7 Å². The first-order chi connectivity index (χ1) is 10.4. The zero-order chi connectivity index (χ0) is 15.7. The van der Waals surface area contributed by atoms with Gasteiger partial charge >= 0.3 is 6.18 Å². The molecule has 0 aliphatic heterocycles. The molecule has 3 N–H and O–H groups in total. The Balaban J connectivity index is 1.93. The Bertz CT molecular complexity index is 812. The fraction of sp³-hybridized carbons (Fsp3) is 0.182. The van der Waals surface area contributed by atoms with Gasteiger partial charge in [0.1, 0.15) is 23.8 Å². The van der Waals surface area contributed by atoms with E-state index in [0.29, 0.717) is 5.82 Å². The van der Waals surface area contributed by atoms with Gasteiger partial charge in [-0.3, -0.25) is 0 Å². The summed E-state index contributed by atoms with van der Waals surface area (Å²) in [6, 6.07) is 2.35. The topological polar surface area (TPSA) is 107 Å². The van der Waals surface area contributed by atoms with Crippen LogP contribution in [-0.2, 0) is 12.7 Å². The van der Waals surface area contributed by atoms with E-state index in [1.807, 2.05) is 0 Å². The lowest BCUT2D eigenvalue weighted by Crippen LogP contribution is -2.14. The number of nitrogens with two attached hydrogens (primary N) is 1. The van der Waals surface area contributed by atoms with E-state index in [1.165, 1.54) is 12.3 Å². The van der Waals surface area contributed by atoms with Gasteiger partial charge in [-0.1, -0.05) is 0 Å². The van der Waals surface area contributed by atoms with Crippen molar-refractivity contribution in [2.75, 3.05) is 11.1 Å². The fourth-order valence-corrected chi connectivity index (χ4v) is 1.75. The number of rotatable bonds is 3. The monoisotopic (exact) mass is 310 g/mol. The Hall–Kier alpha value is -2.98. The summed E-state index contributed by atoms with van der Waals surface area (Å²) in [4.78, 5) is 15.0. The number of anilines is 2. The number of hydrogen-bond donors (Lipinski definition) is 2. The molecule has 114 valence electrons. The predicted octanol–water partition coefficient (Wildman–Crippen LogP) is 1.13. The zero-order valence-corrected chi connectivity index (χ0v) is 10.9. The van der Waals surface area contributed by atoms with Crippen molar-refractivity contribution in [2.45, 2.75) is 12.7 Å². The van der Waals surface area contributed by atoms with Gasteiger partial charge < -0.3 is 11.1 Å². The molecule has 0 aliphatic carbocycles. The van der Waals surface area contributed by atoms with Gasteiger partial charge in [0.15, 0.2) is 5.69 Å². The van der Waals surface area contributed by atoms with Crippen molar-refractivity contribution in [3.05, 3.63) is 36.2 Å². The Kier molecular flexibility index (Phi) is 3.23. The summed E-state index contributed by atoms with van der Waals surface area (Å²) in [5, 5.41) is 6.59. The van der Waals surface area contributed by atoms with Crippen LogP contribution in [0.5, 0.6) is 0 Å². The van der Waals surface area contributed by atoms with Gasteiger partial charge in [0.2, 0.25) is 0 Å². The Labute approximate surface area is 121 Å². The normalized spacial score (nSPS) is 11.8. The van der Waals surface area contributed by atoms with E-state index < -0.39 is 11.9 Å². The summed E-state index contributed by atoms with van der Waals surface area (Å²) in [7, 11) is 0. The van der Waals surface area contributed by atoms with Crippen molar-refractivity contribution in [3.63, 3.8) is 0 Å². The number of nitrogens with one attached hydrogen (secondary N) is 1. The number of nitrogens with zero attached hydrogens (tertiary/aromatic N) is 6. The Morgan fingerprint density at radius 2 is 2.05 bits per heavy atom. The molecule has 0 aromatic carbocycles. The lowest BCUT2D eigenvalue weighted by Gasteiger charge is -2.11. The largest absolute Gasteiger partial charge is 0.433 e. The van der Waals surface area contributed by atoms with E-state index in [4.69, 9.17) is 5.73 Å². The van der Waals surface area contributed by atoms with Gasteiger partial charge in [0, 0.05) is 12.3 Å². The molecule has 0 saturated heterocycles. The van der Waals surface area contributed by atoms with E-state index in [0.717, 1.165) is 16.9 Å².